The van der Waals surface area contributed by atoms with Crippen LogP contribution in [0, 0.1) is 0 Å². The van der Waals surface area contributed by atoms with Crippen LogP contribution in [0.4, 0.5) is 0 Å². The molecule has 1 atom stereocenters. The molecule has 0 radical (unpaired) electrons. The lowest BCUT2D eigenvalue weighted by Crippen LogP contribution is -1.99. The van der Waals surface area contributed by atoms with E-state index in [1.807, 2.05) is 23.9 Å². The second-order valence-corrected chi connectivity index (χ2v) is 6.10. The summed E-state index contributed by atoms with van der Waals surface area (Å²) in [6.45, 7) is 2.90. The molecule has 0 saturated carbocycles. The van der Waals surface area contributed by atoms with Gasteiger partial charge in [0.2, 0.25) is 0 Å². The molecular weight excluding hydrogens is 263 g/mol. The summed E-state index contributed by atoms with van der Waals surface area (Å²) in [6, 6.07) is 4.00. The zero-order valence-corrected chi connectivity index (χ0v) is 11.5. The smallest absolute Gasteiger partial charge is 0.126 e. The molecule has 4 heteroatoms. The number of hydrogen-bond donors (Lipinski definition) is 0. The van der Waals surface area contributed by atoms with Crippen LogP contribution in [0.5, 0.6) is 5.75 Å². The molecule has 1 unspecified atom stereocenters. The first kappa shape index (κ1) is 12.4. The highest BCUT2D eigenvalue weighted by molar-refractivity contribution is 7.99. The third-order valence-electron chi connectivity index (χ3n) is 2.57. The summed E-state index contributed by atoms with van der Waals surface area (Å²) < 4.78 is 5.65. The van der Waals surface area contributed by atoms with E-state index in [0.717, 1.165) is 29.6 Å². The van der Waals surface area contributed by atoms with Gasteiger partial charge in [-0.1, -0.05) is 18.5 Å². The number of fused-ring (bicyclic) bond motifs is 1. The number of benzene rings is 1. The van der Waals surface area contributed by atoms with E-state index < -0.39 is 0 Å². The van der Waals surface area contributed by atoms with Crippen LogP contribution < -0.4 is 4.74 Å². The zero-order chi connectivity index (χ0) is 11.5. The van der Waals surface area contributed by atoms with Gasteiger partial charge in [0.15, 0.2) is 0 Å². The molecule has 1 aliphatic heterocycles. The SMILES string of the molecule is CC(CCl)SCc1cc(Cl)cc2c1OCC2. The Balaban J connectivity index is 2.14. The lowest BCUT2D eigenvalue weighted by atomic mass is 10.1. The van der Waals surface area contributed by atoms with E-state index in [4.69, 9.17) is 27.9 Å². The van der Waals surface area contributed by atoms with E-state index in [-0.39, 0.29) is 0 Å². The Labute approximate surface area is 110 Å². The van der Waals surface area contributed by atoms with Crippen LogP contribution in [0.25, 0.3) is 0 Å². The van der Waals surface area contributed by atoms with Crippen molar-refractivity contribution in [1.82, 2.24) is 0 Å². The number of hydrogen-bond acceptors (Lipinski definition) is 2. The Morgan fingerprint density at radius 1 is 1.50 bits per heavy atom. The van der Waals surface area contributed by atoms with Gasteiger partial charge in [0.05, 0.1) is 6.61 Å². The minimum absolute atomic E-state index is 0.456. The summed E-state index contributed by atoms with van der Waals surface area (Å²) in [5.74, 6) is 2.63. The van der Waals surface area contributed by atoms with E-state index in [2.05, 4.69) is 6.92 Å². The van der Waals surface area contributed by atoms with Crippen molar-refractivity contribution in [3.63, 3.8) is 0 Å². The minimum Gasteiger partial charge on any atom is -0.493 e. The molecule has 0 amide bonds. The van der Waals surface area contributed by atoms with Gasteiger partial charge in [-0.2, -0.15) is 11.8 Å². The Kier molecular flexibility index (Phi) is 4.28. The van der Waals surface area contributed by atoms with Crippen LogP contribution in [-0.4, -0.2) is 17.7 Å². The maximum atomic E-state index is 6.09. The molecule has 0 aliphatic carbocycles. The van der Waals surface area contributed by atoms with Crippen molar-refractivity contribution in [3.8, 4) is 5.75 Å². The molecule has 1 nitrogen and oxygen atoms in total. The van der Waals surface area contributed by atoms with Crippen LogP contribution in [0.1, 0.15) is 18.1 Å². The second-order valence-electron chi connectivity index (χ2n) is 3.93. The predicted octanol–water partition coefficient (Wildman–Crippen LogP) is 4.14. The molecule has 0 N–H and O–H groups in total. The van der Waals surface area contributed by atoms with Gasteiger partial charge in [0.25, 0.3) is 0 Å². The molecule has 1 aromatic rings. The van der Waals surface area contributed by atoms with Gasteiger partial charge in [0, 0.05) is 33.9 Å². The minimum atomic E-state index is 0.456. The highest BCUT2D eigenvalue weighted by atomic mass is 35.5. The van der Waals surface area contributed by atoms with Crippen molar-refractivity contribution in [2.24, 2.45) is 0 Å². The van der Waals surface area contributed by atoms with Gasteiger partial charge in [0.1, 0.15) is 5.75 Å². The van der Waals surface area contributed by atoms with Crippen molar-refractivity contribution in [3.05, 3.63) is 28.3 Å². The fourth-order valence-electron chi connectivity index (χ4n) is 1.73. The molecule has 1 heterocycles. The maximum Gasteiger partial charge on any atom is 0.126 e. The summed E-state index contributed by atoms with van der Waals surface area (Å²) in [4.78, 5) is 0. The lowest BCUT2D eigenvalue weighted by Gasteiger charge is -2.11. The highest BCUT2D eigenvalue weighted by Gasteiger charge is 2.17. The van der Waals surface area contributed by atoms with Crippen LogP contribution >= 0.6 is 35.0 Å². The summed E-state index contributed by atoms with van der Waals surface area (Å²) in [5, 5.41) is 1.26. The Hall–Kier alpha value is -0.0500. The van der Waals surface area contributed by atoms with Crippen molar-refractivity contribution in [2.45, 2.75) is 24.3 Å². The van der Waals surface area contributed by atoms with Crippen molar-refractivity contribution >= 4 is 35.0 Å². The van der Waals surface area contributed by atoms with Gasteiger partial charge >= 0.3 is 0 Å². The van der Waals surface area contributed by atoms with Gasteiger partial charge in [-0.25, -0.2) is 0 Å². The largest absolute Gasteiger partial charge is 0.493 e. The highest BCUT2D eigenvalue weighted by Crippen LogP contribution is 2.35. The number of halogens is 2. The summed E-state index contributed by atoms with van der Waals surface area (Å²) in [5.41, 5.74) is 2.43. The number of alkyl halides is 1. The molecule has 16 heavy (non-hydrogen) atoms. The zero-order valence-electron chi connectivity index (χ0n) is 9.13. The lowest BCUT2D eigenvalue weighted by molar-refractivity contribution is 0.354. The Morgan fingerprint density at radius 2 is 2.31 bits per heavy atom. The number of ether oxygens (including phenoxy) is 1. The van der Waals surface area contributed by atoms with Crippen LogP contribution in [0.3, 0.4) is 0 Å². The van der Waals surface area contributed by atoms with Gasteiger partial charge in [-0.3, -0.25) is 0 Å². The summed E-state index contributed by atoms with van der Waals surface area (Å²) >= 11 is 13.7. The molecule has 1 aliphatic rings. The van der Waals surface area contributed by atoms with E-state index in [1.165, 1.54) is 11.1 Å². The Bertz CT molecular complexity index is 382. The number of thioether (sulfide) groups is 1. The first-order chi connectivity index (χ1) is 7.70. The predicted molar refractivity (Wildman–Crippen MR) is 72.1 cm³/mol. The van der Waals surface area contributed by atoms with Crippen molar-refractivity contribution < 1.29 is 4.74 Å². The number of rotatable bonds is 4. The molecule has 1 aromatic carbocycles. The van der Waals surface area contributed by atoms with Crippen molar-refractivity contribution in [1.29, 1.82) is 0 Å². The van der Waals surface area contributed by atoms with Crippen LogP contribution in [0.15, 0.2) is 12.1 Å². The average molecular weight is 277 g/mol. The molecule has 0 saturated heterocycles. The van der Waals surface area contributed by atoms with E-state index in [0.29, 0.717) is 11.1 Å². The first-order valence-corrected chi connectivity index (χ1v) is 7.28. The third kappa shape index (κ3) is 2.79. The second kappa shape index (κ2) is 5.52. The quantitative estimate of drug-likeness (QED) is 0.765. The topological polar surface area (TPSA) is 9.23 Å². The standard InChI is InChI=1S/C12H14Cl2OS/c1-8(6-13)16-7-10-5-11(14)4-9-2-3-15-12(9)10/h4-5,8H,2-3,6-7H2,1H3. The molecule has 0 bridgehead atoms. The van der Waals surface area contributed by atoms with Gasteiger partial charge in [-0.05, 0) is 17.7 Å². The molecule has 88 valence electrons. The van der Waals surface area contributed by atoms with Gasteiger partial charge < -0.3 is 4.74 Å². The fourth-order valence-corrected chi connectivity index (χ4v) is 3.03. The summed E-state index contributed by atoms with van der Waals surface area (Å²) in [6.07, 6.45) is 0.971. The fraction of sp³-hybridized carbons (Fsp3) is 0.500. The van der Waals surface area contributed by atoms with Crippen LogP contribution in [0.2, 0.25) is 5.02 Å². The van der Waals surface area contributed by atoms with Crippen molar-refractivity contribution in [2.75, 3.05) is 12.5 Å². The van der Waals surface area contributed by atoms with E-state index >= 15 is 0 Å². The van der Waals surface area contributed by atoms with Gasteiger partial charge in [-0.15, -0.1) is 11.6 Å². The monoisotopic (exact) mass is 276 g/mol. The molecule has 2 rings (SSSR count). The molecule has 0 aromatic heterocycles. The molecule has 0 fully saturated rings. The maximum absolute atomic E-state index is 6.09. The average Bonchev–Trinajstić information content (AvgIpc) is 2.73. The third-order valence-corrected chi connectivity index (χ3v) is 4.64. The Morgan fingerprint density at radius 3 is 3.06 bits per heavy atom. The molecular formula is C12H14Cl2OS. The van der Waals surface area contributed by atoms with E-state index in [1.54, 1.807) is 0 Å². The first-order valence-electron chi connectivity index (χ1n) is 5.32. The van der Waals surface area contributed by atoms with Crippen LogP contribution in [-0.2, 0) is 12.2 Å². The van der Waals surface area contributed by atoms with E-state index in [9.17, 15) is 0 Å². The normalized spacial score (nSPS) is 15.7. The molecule has 0 spiro atoms. The summed E-state index contributed by atoms with van der Waals surface area (Å²) in [7, 11) is 0.